The predicted octanol–water partition coefficient (Wildman–Crippen LogP) is 1.32. The zero-order valence-electron chi connectivity index (χ0n) is 8.91. The van der Waals surface area contributed by atoms with Gasteiger partial charge in [-0.2, -0.15) is 11.8 Å². The number of likely N-dealkylation sites (tertiary alicyclic amines) is 1. The first kappa shape index (κ1) is 11.0. The molecule has 0 radical (unpaired) electrons. The minimum Gasteiger partial charge on any atom is -0.342 e. The lowest BCUT2D eigenvalue weighted by atomic mass is 10.0. The maximum atomic E-state index is 12.1. The van der Waals surface area contributed by atoms with Crippen molar-refractivity contribution in [1.82, 2.24) is 4.90 Å². The van der Waals surface area contributed by atoms with Crippen LogP contribution in [0.4, 0.5) is 0 Å². The van der Waals surface area contributed by atoms with Crippen LogP contribution >= 0.6 is 11.8 Å². The molecule has 0 aromatic heterocycles. The van der Waals surface area contributed by atoms with Crippen LogP contribution in [0, 0.1) is 5.92 Å². The Bertz CT molecular complexity index is 261. The second-order valence-electron chi connectivity index (χ2n) is 4.30. The van der Waals surface area contributed by atoms with E-state index in [1.54, 1.807) is 11.8 Å². The summed E-state index contributed by atoms with van der Waals surface area (Å²) in [6.07, 6.45) is 3.37. The van der Waals surface area contributed by atoms with E-state index < -0.39 is 0 Å². The van der Waals surface area contributed by atoms with Crippen LogP contribution in [0.5, 0.6) is 0 Å². The van der Waals surface area contributed by atoms with Crippen molar-refractivity contribution < 1.29 is 9.59 Å². The third-order valence-electron chi connectivity index (χ3n) is 3.09. The summed E-state index contributed by atoms with van der Waals surface area (Å²) in [5.41, 5.74) is 0. The van der Waals surface area contributed by atoms with Gasteiger partial charge in [0.05, 0.1) is 5.92 Å². The van der Waals surface area contributed by atoms with Crippen LogP contribution in [0.3, 0.4) is 0 Å². The standard InChI is InChI=1S/C11H17NO2S/c13-10-3-6-15-8-9(7-10)11(14)12-4-1-2-5-12/h9H,1-8H2. The van der Waals surface area contributed by atoms with Gasteiger partial charge in [-0.1, -0.05) is 0 Å². The lowest BCUT2D eigenvalue weighted by Gasteiger charge is -2.21. The molecule has 1 atom stereocenters. The highest BCUT2D eigenvalue weighted by Crippen LogP contribution is 2.23. The molecule has 2 saturated heterocycles. The van der Waals surface area contributed by atoms with Crippen LogP contribution in [-0.4, -0.2) is 41.2 Å². The van der Waals surface area contributed by atoms with Gasteiger partial charge in [-0.05, 0) is 12.8 Å². The Morgan fingerprint density at radius 3 is 2.80 bits per heavy atom. The van der Waals surface area contributed by atoms with Crippen molar-refractivity contribution >= 4 is 23.5 Å². The van der Waals surface area contributed by atoms with E-state index in [2.05, 4.69) is 0 Å². The molecule has 2 heterocycles. The molecule has 1 unspecified atom stereocenters. The molecule has 84 valence electrons. The highest BCUT2D eigenvalue weighted by atomic mass is 32.2. The molecule has 2 fully saturated rings. The Morgan fingerprint density at radius 2 is 2.07 bits per heavy atom. The third-order valence-corrected chi connectivity index (χ3v) is 4.22. The van der Waals surface area contributed by atoms with Gasteiger partial charge >= 0.3 is 0 Å². The number of carbonyl (C=O) groups is 2. The summed E-state index contributed by atoms with van der Waals surface area (Å²) in [6, 6.07) is 0. The first-order chi connectivity index (χ1) is 7.27. The van der Waals surface area contributed by atoms with Crippen molar-refractivity contribution in [2.24, 2.45) is 5.92 Å². The molecule has 0 bridgehead atoms. The van der Waals surface area contributed by atoms with Gasteiger partial charge in [0.2, 0.25) is 5.91 Å². The number of hydrogen-bond donors (Lipinski definition) is 0. The molecule has 2 aliphatic rings. The molecule has 0 N–H and O–H groups in total. The van der Waals surface area contributed by atoms with Gasteiger partial charge in [-0.25, -0.2) is 0 Å². The lowest BCUT2D eigenvalue weighted by Crippen LogP contribution is -2.35. The Hall–Kier alpha value is -0.510. The van der Waals surface area contributed by atoms with Gasteiger partial charge in [0, 0.05) is 37.4 Å². The number of hydrogen-bond acceptors (Lipinski definition) is 3. The molecule has 2 aliphatic heterocycles. The third kappa shape index (κ3) is 2.74. The van der Waals surface area contributed by atoms with Crippen LogP contribution in [-0.2, 0) is 9.59 Å². The molecule has 0 aromatic carbocycles. The van der Waals surface area contributed by atoms with E-state index in [0.29, 0.717) is 12.8 Å². The Kier molecular flexibility index (Phi) is 3.67. The summed E-state index contributed by atoms with van der Waals surface area (Å²) < 4.78 is 0. The average molecular weight is 227 g/mol. The molecule has 15 heavy (non-hydrogen) atoms. The van der Waals surface area contributed by atoms with Gasteiger partial charge in [-0.3, -0.25) is 9.59 Å². The van der Waals surface area contributed by atoms with Crippen molar-refractivity contribution in [3.8, 4) is 0 Å². The molecule has 0 spiro atoms. The largest absolute Gasteiger partial charge is 0.342 e. The minimum atomic E-state index is -0.0388. The van der Waals surface area contributed by atoms with Crippen molar-refractivity contribution in [1.29, 1.82) is 0 Å². The van der Waals surface area contributed by atoms with Gasteiger partial charge in [0.15, 0.2) is 0 Å². The zero-order chi connectivity index (χ0) is 10.7. The van der Waals surface area contributed by atoms with E-state index in [0.717, 1.165) is 37.4 Å². The van der Waals surface area contributed by atoms with Crippen LogP contribution in [0.1, 0.15) is 25.7 Å². The van der Waals surface area contributed by atoms with Crippen LogP contribution in [0.15, 0.2) is 0 Å². The number of thioether (sulfide) groups is 1. The first-order valence-electron chi connectivity index (χ1n) is 5.65. The predicted molar refractivity (Wildman–Crippen MR) is 60.9 cm³/mol. The van der Waals surface area contributed by atoms with Crippen molar-refractivity contribution in [2.45, 2.75) is 25.7 Å². The fourth-order valence-corrected chi connectivity index (χ4v) is 3.29. The number of rotatable bonds is 1. The van der Waals surface area contributed by atoms with Crippen LogP contribution in [0.25, 0.3) is 0 Å². The highest BCUT2D eigenvalue weighted by Gasteiger charge is 2.29. The van der Waals surface area contributed by atoms with E-state index in [4.69, 9.17) is 0 Å². The SMILES string of the molecule is O=C1CCSCC(C(=O)N2CCCC2)C1. The molecular formula is C11H17NO2S. The van der Waals surface area contributed by atoms with E-state index in [1.165, 1.54) is 0 Å². The van der Waals surface area contributed by atoms with Gasteiger partial charge in [0.25, 0.3) is 0 Å². The molecule has 0 aromatic rings. The molecule has 2 rings (SSSR count). The van der Waals surface area contributed by atoms with Gasteiger partial charge < -0.3 is 4.90 Å². The summed E-state index contributed by atoms with van der Waals surface area (Å²) in [4.78, 5) is 25.4. The Morgan fingerprint density at radius 1 is 1.33 bits per heavy atom. The maximum Gasteiger partial charge on any atom is 0.226 e. The smallest absolute Gasteiger partial charge is 0.226 e. The van der Waals surface area contributed by atoms with E-state index in [1.807, 2.05) is 4.90 Å². The van der Waals surface area contributed by atoms with E-state index >= 15 is 0 Å². The number of carbonyl (C=O) groups excluding carboxylic acids is 2. The van der Waals surface area contributed by atoms with Crippen molar-refractivity contribution in [2.75, 3.05) is 24.6 Å². The fraction of sp³-hybridized carbons (Fsp3) is 0.818. The molecular weight excluding hydrogens is 210 g/mol. The Labute approximate surface area is 94.6 Å². The number of Topliss-reactive ketones (excluding diaryl/α,β-unsaturated/α-hetero) is 1. The second-order valence-corrected chi connectivity index (χ2v) is 5.45. The van der Waals surface area contributed by atoms with Gasteiger partial charge in [-0.15, -0.1) is 0 Å². The minimum absolute atomic E-state index is 0.0388. The van der Waals surface area contributed by atoms with E-state index in [9.17, 15) is 9.59 Å². The molecule has 1 amide bonds. The second kappa shape index (κ2) is 5.01. The van der Waals surface area contributed by atoms with Crippen LogP contribution < -0.4 is 0 Å². The zero-order valence-corrected chi connectivity index (χ0v) is 9.72. The number of nitrogens with zero attached hydrogens (tertiary/aromatic N) is 1. The summed E-state index contributed by atoms with van der Waals surface area (Å²) in [7, 11) is 0. The van der Waals surface area contributed by atoms with Gasteiger partial charge in [0.1, 0.15) is 5.78 Å². The van der Waals surface area contributed by atoms with Crippen molar-refractivity contribution in [3.05, 3.63) is 0 Å². The highest BCUT2D eigenvalue weighted by molar-refractivity contribution is 7.99. The monoisotopic (exact) mass is 227 g/mol. The summed E-state index contributed by atoms with van der Waals surface area (Å²) in [5, 5.41) is 0. The van der Waals surface area contributed by atoms with Crippen LogP contribution in [0.2, 0.25) is 0 Å². The number of amides is 1. The lowest BCUT2D eigenvalue weighted by molar-refractivity contribution is -0.136. The molecule has 3 nitrogen and oxygen atoms in total. The Balaban J connectivity index is 1.95. The summed E-state index contributed by atoms with van der Waals surface area (Å²) >= 11 is 1.75. The maximum absolute atomic E-state index is 12.1. The molecule has 0 saturated carbocycles. The molecule has 0 aliphatic carbocycles. The number of ketones is 1. The molecule has 4 heteroatoms. The summed E-state index contributed by atoms with van der Waals surface area (Å²) in [5.74, 6) is 2.17. The van der Waals surface area contributed by atoms with E-state index in [-0.39, 0.29) is 17.6 Å². The average Bonchev–Trinajstić information content (AvgIpc) is 2.67. The summed E-state index contributed by atoms with van der Waals surface area (Å²) in [6.45, 7) is 1.79. The first-order valence-corrected chi connectivity index (χ1v) is 6.81. The normalized spacial score (nSPS) is 27.9. The topological polar surface area (TPSA) is 37.4 Å². The fourth-order valence-electron chi connectivity index (χ4n) is 2.20. The van der Waals surface area contributed by atoms with Crippen molar-refractivity contribution in [3.63, 3.8) is 0 Å². The quantitative estimate of drug-likeness (QED) is 0.678.